The number of rotatable bonds is 5. The van der Waals surface area contributed by atoms with Gasteiger partial charge in [-0.15, -0.1) is 0 Å². The molecule has 3 atom stereocenters. The van der Waals surface area contributed by atoms with Crippen molar-refractivity contribution in [2.24, 2.45) is 22.5 Å². The average Bonchev–Trinajstić information content (AvgIpc) is 3.43. The van der Waals surface area contributed by atoms with Gasteiger partial charge in [0, 0.05) is 18.1 Å². The Balaban J connectivity index is 0.000000206. The molecule has 0 spiro atoms. The Labute approximate surface area is 222 Å². The van der Waals surface area contributed by atoms with Gasteiger partial charge in [0.15, 0.2) is 0 Å². The summed E-state index contributed by atoms with van der Waals surface area (Å²) in [6, 6.07) is 14.0. The minimum atomic E-state index is -0.921. The van der Waals surface area contributed by atoms with E-state index in [-0.39, 0.29) is 0 Å². The molecular formula is C29H36N4O5. The predicted octanol–water partition coefficient (Wildman–Crippen LogP) is 4.19. The van der Waals surface area contributed by atoms with Gasteiger partial charge in [0.2, 0.25) is 0 Å². The molecule has 0 bridgehead atoms. The lowest BCUT2D eigenvalue weighted by Crippen LogP contribution is -2.42. The van der Waals surface area contributed by atoms with E-state index in [0.29, 0.717) is 29.8 Å². The summed E-state index contributed by atoms with van der Waals surface area (Å²) in [7, 11) is 0. The van der Waals surface area contributed by atoms with E-state index in [4.69, 9.17) is 15.9 Å². The summed E-state index contributed by atoms with van der Waals surface area (Å²) in [6.45, 7) is 7.27. The number of hydrogen-bond acceptors (Lipinski definition) is 5. The molecule has 1 aliphatic carbocycles. The van der Waals surface area contributed by atoms with Crippen molar-refractivity contribution in [3.05, 3.63) is 59.8 Å². The van der Waals surface area contributed by atoms with E-state index in [1.807, 2.05) is 18.3 Å². The fourth-order valence-corrected chi connectivity index (χ4v) is 5.73. The van der Waals surface area contributed by atoms with Gasteiger partial charge in [-0.2, -0.15) is 5.10 Å². The van der Waals surface area contributed by atoms with Crippen LogP contribution in [0.1, 0.15) is 68.3 Å². The van der Waals surface area contributed by atoms with Crippen molar-refractivity contribution in [1.82, 2.24) is 15.1 Å². The molecule has 1 aliphatic heterocycles. The van der Waals surface area contributed by atoms with E-state index in [2.05, 4.69) is 34.7 Å². The van der Waals surface area contributed by atoms with Crippen molar-refractivity contribution in [2.45, 2.75) is 52.4 Å². The van der Waals surface area contributed by atoms with Crippen molar-refractivity contribution < 1.29 is 24.6 Å². The third kappa shape index (κ3) is 5.03. The molecule has 1 saturated carbocycles. The van der Waals surface area contributed by atoms with E-state index in [9.17, 15) is 14.4 Å². The van der Waals surface area contributed by atoms with Gasteiger partial charge in [0.05, 0.1) is 22.6 Å². The highest BCUT2D eigenvalue weighted by atomic mass is 16.4. The fourth-order valence-electron chi connectivity index (χ4n) is 5.73. The molecule has 1 saturated heterocycles. The molecule has 0 radical (unpaired) electrons. The normalized spacial score (nSPS) is 24.4. The van der Waals surface area contributed by atoms with Crippen molar-refractivity contribution in [3.8, 4) is 5.69 Å². The van der Waals surface area contributed by atoms with Gasteiger partial charge in [-0.25, -0.2) is 4.68 Å². The Morgan fingerprint density at radius 2 is 1.76 bits per heavy atom. The summed E-state index contributed by atoms with van der Waals surface area (Å²) < 4.78 is 1.81. The fraction of sp³-hybridized carbons (Fsp3) is 0.448. The summed E-state index contributed by atoms with van der Waals surface area (Å²) in [6.07, 6.45) is 5.28. The molecule has 9 heteroatoms. The highest BCUT2D eigenvalue weighted by Crippen LogP contribution is 2.56. The number of carbonyl (C=O) groups is 3. The summed E-state index contributed by atoms with van der Waals surface area (Å²) in [4.78, 5) is 33.6. The van der Waals surface area contributed by atoms with Crippen LogP contribution in [0.4, 0.5) is 0 Å². The van der Waals surface area contributed by atoms with Crippen LogP contribution in [0, 0.1) is 16.7 Å². The quantitative estimate of drug-likeness (QED) is 0.394. The number of nitrogens with two attached hydrogens (primary N) is 1. The van der Waals surface area contributed by atoms with Crippen molar-refractivity contribution >= 4 is 28.7 Å². The molecule has 2 aromatic carbocycles. The first-order valence-electron chi connectivity index (χ1n) is 13.0. The van der Waals surface area contributed by atoms with Gasteiger partial charge in [-0.1, -0.05) is 38.1 Å². The third-order valence-electron chi connectivity index (χ3n) is 8.72. The van der Waals surface area contributed by atoms with Crippen LogP contribution in [0.15, 0.2) is 48.7 Å². The zero-order chi connectivity index (χ0) is 27.7. The van der Waals surface area contributed by atoms with Gasteiger partial charge in [-0.05, 0) is 74.2 Å². The number of carboxylic acid groups (broad SMARTS) is 2. The molecule has 2 aliphatic rings. The number of primary amides is 1. The minimum absolute atomic E-state index is 0.437. The van der Waals surface area contributed by atoms with Crippen LogP contribution in [-0.4, -0.2) is 50.9 Å². The zero-order valence-electron chi connectivity index (χ0n) is 22.1. The maximum Gasteiger partial charge on any atom is 0.309 e. The van der Waals surface area contributed by atoms with Gasteiger partial charge >= 0.3 is 11.9 Å². The molecule has 2 fully saturated rings. The van der Waals surface area contributed by atoms with E-state index >= 15 is 0 Å². The van der Waals surface area contributed by atoms with Gasteiger partial charge in [-0.3, -0.25) is 14.4 Å². The molecule has 3 aromatic rings. The van der Waals surface area contributed by atoms with Gasteiger partial charge < -0.3 is 21.3 Å². The van der Waals surface area contributed by atoms with Crippen LogP contribution in [0.5, 0.6) is 0 Å². The molecular weight excluding hydrogens is 484 g/mol. The first kappa shape index (κ1) is 27.3. The van der Waals surface area contributed by atoms with Crippen LogP contribution in [0.3, 0.4) is 0 Å². The van der Waals surface area contributed by atoms with Gasteiger partial charge in [0.25, 0.3) is 5.91 Å². The molecule has 2 heterocycles. The molecule has 1 amide bonds. The van der Waals surface area contributed by atoms with Gasteiger partial charge in [0.1, 0.15) is 5.52 Å². The number of nitrogens with one attached hydrogen (secondary N) is 1. The van der Waals surface area contributed by atoms with E-state index in [1.54, 1.807) is 31.5 Å². The smallest absolute Gasteiger partial charge is 0.309 e. The molecule has 5 N–H and O–H groups in total. The largest absolute Gasteiger partial charge is 0.481 e. The summed E-state index contributed by atoms with van der Waals surface area (Å²) in [5.74, 6) is -2.20. The van der Waals surface area contributed by atoms with Crippen LogP contribution in [0.2, 0.25) is 0 Å². The van der Waals surface area contributed by atoms with Crippen LogP contribution >= 0.6 is 0 Å². The van der Waals surface area contributed by atoms with Crippen molar-refractivity contribution in [2.75, 3.05) is 13.1 Å². The lowest BCUT2D eigenvalue weighted by Gasteiger charge is -2.36. The maximum absolute atomic E-state index is 11.5. The standard InChI is InChI=1S/C19H20N4O.C10H16O4/c20-19(24)17-5-1-3-15-12-23(22-18(15)17)16-8-6-13(7-9-16)14-4-2-10-21-11-14;1-9(2)6(7(11)12)4-5-10(9,3)8(13)14/h1,3,5-9,12,14,21H,2,4,10-11H2,(H2,20,24);6H,4-5H2,1-3H3,(H,11,12)(H,13,14)/t14-;6-,10+/m10/s1. The topological polar surface area (TPSA) is 148 Å². The molecule has 38 heavy (non-hydrogen) atoms. The van der Waals surface area contributed by atoms with E-state index in [0.717, 1.165) is 24.2 Å². The van der Waals surface area contributed by atoms with E-state index in [1.165, 1.54) is 18.4 Å². The summed E-state index contributed by atoms with van der Waals surface area (Å²) >= 11 is 0. The number of hydrogen-bond donors (Lipinski definition) is 4. The Bertz CT molecular complexity index is 1340. The number of fused-ring (bicyclic) bond motifs is 1. The first-order valence-corrected chi connectivity index (χ1v) is 13.0. The second-order valence-corrected chi connectivity index (χ2v) is 11.1. The highest BCUT2D eigenvalue weighted by Gasteiger charge is 2.58. The average molecular weight is 521 g/mol. The van der Waals surface area contributed by atoms with Crippen LogP contribution in [0.25, 0.3) is 16.6 Å². The Morgan fingerprint density at radius 3 is 2.29 bits per heavy atom. The molecule has 9 nitrogen and oxygen atoms in total. The second-order valence-electron chi connectivity index (χ2n) is 11.1. The number of aromatic nitrogens is 2. The second kappa shape index (κ2) is 10.6. The molecule has 202 valence electrons. The Morgan fingerprint density at radius 1 is 1.05 bits per heavy atom. The maximum atomic E-state index is 11.5. The Kier molecular flexibility index (Phi) is 7.60. The third-order valence-corrected chi connectivity index (χ3v) is 8.72. The number of amides is 1. The SMILES string of the molecule is CC1(C)[C@H](C(=O)O)CC[C@]1(C)C(=O)O.NC(=O)c1cccc2cn(-c3ccc([C@@H]4CCCNC4)cc3)nc12. The predicted molar refractivity (Wildman–Crippen MR) is 144 cm³/mol. The summed E-state index contributed by atoms with van der Waals surface area (Å²) in [5, 5.41) is 27.0. The number of piperidine rings is 1. The lowest BCUT2D eigenvalue weighted by atomic mass is 9.66. The number of carbonyl (C=O) groups excluding carboxylic acids is 1. The number of aliphatic carboxylic acids is 2. The molecule has 1 aromatic heterocycles. The van der Waals surface area contributed by atoms with Crippen molar-refractivity contribution in [1.29, 1.82) is 0 Å². The van der Waals surface area contributed by atoms with Crippen molar-refractivity contribution in [3.63, 3.8) is 0 Å². The number of carboxylic acids is 2. The van der Waals surface area contributed by atoms with E-state index < -0.39 is 34.6 Å². The summed E-state index contributed by atoms with van der Waals surface area (Å²) in [5.41, 5.74) is 7.27. The minimum Gasteiger partial charge on any atom is -0.481 e. The molecule has 0 unspecified atom stereocenters. The van der Waals surface area contributed by atoms with Crippen LogP contribution < -0.4 is 11.1 Å². The lowest BCUT2D eigenvalue weighted by molar-refractivity contribution is -0.157. The highest BCUT2D eigenvalue weighted by molar-refractivity contribution is 6.04. The number of benzene rings is 2. The van der Waals surface area contributed by atoms with Crippen LogP contribution in [-0.2, 0) is 9.59 Å². The Hall–Kier alpha value is -3.72. The zero-order valence-corrected chi connectivity index (χ0v) is 22.1. The monoisotopic (exact) mass is 520 g/mol. The molecule has 5 rings (SSSR count). The number of nitrogens with zero attached hydrogens (tertiary/aromatic N) is 2. The first-order chi connectivity index (χ1) is 18.0.